The summed E-state index contributed by atoms with van der Waals surface area (Å²) in [7, 11) is 0. The number of Topliss-reactive ketones (excluding diaryl/α,β-unsaturated/α-hetero) is 1. The van der Waals surface area contributed by atoms with Crippen LogP contribution in [-0.4, -0.2) is 453 Å². The Balaban J connectivity index is 1.05. The molecule has 112 heavy (non-hydrogen) atoms. The average molecular weight is 1630 g/mol. The lowest BCUT2D eigenvalue weighted by molar-refractivity contribution is -0.398. The lowest BCUT2D eigenvalue weighted by atomic mass is 9.86. The lowest BCUT2D eigenvalue weighted by Crippen LogP contribution is -2.69. The van der Waals surface area contributed by atoms with Gasteiger partial charge in [-0.25, -0.2) is 0 Å². The number of aliphatic hydroxyl groups excluding tert-OH is 22. The summed E-state index contributed by atoms with van der Waals surface area (Å²) in [4.78, 5) is 51.4. The van der Waals surface area contributed by atoms with Crippen LogP contribution in [0.4, 0.5) is 0 Å². The molecule has 0 aromatic carbocycles. The van der Waals surface area contributed by atoms with Gasteiger partial charge in [-0.05, 0) is 13.8 Å². The monoisotopic (exact) mass is 1630 g/mol. The Bertz CT molecular complexity index is 2960. The first kappa shape index (κ1) is 92.4. The minimum atomic E-state index is -2.37. The normalized spacial score (nSPS) is 49.0. The van der Waals surface area contributed by atoms with E-state index in [-0.39, 0.29) is 0 Å². The fraction of sp³-hybridized carbons (Fsp3) is 0.939. The van der Waals surface area contributed by atoms with Crippen LogP contribution in [0.2, 0.25) is 0 Å². The minimum Gasteiger partial charge on any atom is -0.394 e. The Kier molecular flexibility index (Phi) is 33.4. The topological polar surface area (TPSA) is 706 Å². The summed E-state index contributed by atoms with van der Waals surface area (Å²) in [6.07, 6.45) is -73.7. The van der Waals surface area contributed by atoms with Crippen LogP contribution in [0.1, 0.15) is 54.9 Å². The van der Waals surface area contributed by atoms with Crippen LogP contribution in [0.15, 0.2) is 0 Å². The molecule has 9 fully saturated rings. The van der Waals surface area contributed by atoms with Crippen LogP contribution < -0.4 is 16.0 Å². The van der Waals surface area contributed by atoms with Crippen molar-refractivity contribution in [3.8, 4) is 0 Å². The van der Waals surface area contributed by atoms with Crippen molar-refractivity contribution < 1.29 is 212 Å². The van der Waals surface area contributed by atoms with Gasteiger partial charge >= 0.3 is 0 Å². The van der Waals surface area contributed by atoms with E-state index >= 15 is 0 Å². The van der Waals surface area contributed by atoms with E-state index in [1.807, 2.05) is 0 Å². The maximum Gasteiger partial charge on any atom is 0.217 e. The smallest absolute Gasteiger partial charge is 0.217 e. The summed E-state index contributed by atoms with van der Waals surface area (Å²) < 4.78 is 104. The Morgan fingerprint density at radius 2 is 0.625 bits per heavy atom. The third-order valence-electron chi connectivity index (χ3n) is 21.7. The van der Waals surface area contributed by atoms with Crippen molar-refractivity contribution >= 4 is 23.5 Å². The van der Waals surface area contributed by atoms with Crippen LogP contribution in [0.5, 0.6) is 0 Å². The molecule has 0 spiro atoms. The van der Waals surface area contributed by atoms with Crippen molar-refractivity contribution in [1.29, 1.82) is 0 Å². The average Bonchev–Trinajstić information content (AvgIpc) is 0.770. The molecule has 9 saturated heterocycles. The summed E-state index contributed by atoms with van der Waals surface area (Å²) >= 11 is 0. The molecular weight excluding hydrogens is 1520 g/mol. The summed E-state index contributed by atoms with van der Waals surface area (Å²) in [5.41, 5.74) is 0. The Hall–Kier alpha value is -3.48. The van der Waals surface area contributed by atoms with Gasteiger partial charge in [0.15, 0.2) is 50.3 Å². The molecular formula is C66H111N3O43. The molecule has 46 heteroatoms. The van der Waals surface area contributed by atoms with Crippen molar-refractivity contribution in [1.82, 2.24) is 16.0 Å². The molecule has 0 radical (unpaired) electrons. The highest BCUT2D eigenvalue weighted by atomic mass is 16.8. The first-order valence-electron chi connectivity index (χ1n) is 36.8. The zero-order valence-electron chi connectivity index (χ0n) is 62.0. The molecule has 0 aromatic heterocycles. The largest absolute Gasteiger partial charge is 0.394 e. The molecule has 25 N–H and O–H groups in total. The van der Waals surface area contributed by atoms with Crippen LogP contribution in [0.25, 0.3) is 0 Å². The number of ketones is 1. The van der Waals surface area contributed by atoms with E-state index in [0.29, 0.717) is 0 Å². The summed E-state index contributed by atoms with van der Waals surface area (Å²) in [6.45, 7) is 0.0418. The zero-order chi connectivity index (χ0) is 82.5. The number of carbonyl (C=O) groups is 4. The molecule has 3 amide bonds. The van der Waals surface area contributed by atoms with Gasteiger partial charge in [0.1, 0.15) is 171 Å². The Morgan fingerprint density at radius 3 is 1.12 bits per heavy atom. The molecule has 0 aromatic rings. The maximum atomic E-state index is 13.2. The zero-order valence-corrected chi connectivity index (χ0v) is 62.0. The molecule has 9 aliphatic heterocycles. The number of ether oxygens (including phenoxy) is 17. The molecule has 0 saturated carbocycles. The third kappa shape index (κ3) is 20.3. The van der Waals surface area contributed by atoms with Crippen LogP contribution in [-0.2, 0) is 99.7 Å². The predicted molar refractivity (Wildman–Crippen MR) is 354 cm³/mol. The highest BCUT2D eigenvalue weighted by molar-refractivity contribution is 5.76. The standard InChI is InChI=1S/C66H111N3O43/c1-18(78)8-25-39(83)53(108-62-49(93)46(90)40(84)27(10-71)99-62)32(15-76)102-59(25)111-57-38(82)19(2)26(9-70)98-66(57)110-56-43(87)34(105-64(51(56)95)106-52-20(3)35(67-22(5)79)60(103-30(52)13-74)107-54-31(14-75)97-21(4)36(44(54)88)68-23(6)80)17-96-65-58(48(92)42(86)29(12-73)101-65)112-61-37(69-24(7)81)45(89)55(33(16-77)104-61)109-63-50(94)47(91)41(85)28(11-72)100-63/h19-21,25-66,70-77,82-95H,8-17H2,1-7H3,(H,67,79)(H,68,80)(H,69,81)/t19-,20-,21+,25-,26-,27-,28-,29-,30-,31-,32-,33-,34-,35-,36+,37-,38+,39-,40+,41+,42-,43-,44-,45-,46+,47+,48+,49-,50-,51+,52+,53-,54-,55-,56+,57+,58+,59+,60+,61+,62+,63+,64+,65+,66-/m1/s1. The quantitative estimate of drug-likeness (QED) is 0.0318. The number of amides is 3. The van der Waals surface area contributed by atoms with Crippen LogP contribution in [0, 0.1) is 17.8 Å². The second-order valence-corrected chi connectivity index (χ2v) is 29.6. The van der Waals surface area contributed by atoms with Gasteiger partial charge < -0.3 is 214 Å². The minimum absolute atomic E-state index is 0.575. The van der Waals surface area contributed by atoms with Gasteiger partial charge in [-0.1, -0.05) is 13.8 Å². The lowest BCUT2D eigenvalue weighted by Gasteiger charge is -2.52. The van der Waals surface area contributed by atoms with E-state index in [9.17, 15) is 132 Å². The van der Waals surface area contributed by atoms with Crippen LogP contribution >= 0.6 is 0 Å². The molecule has 9 rings (SSSR count). The molecule has 9 aliphatic rings. The van der Waals surface area contributed by atoms with Gasteiger partial charge in [0.25, 0.3) is 0 Å². The van der Waals surface area contributed by atoms with E-state index < -0.39 is 365 Å². The van der Waals surface area contributed by atoms with E-state index in [0.717, 1.165) is 20.8 Å². The van der Waals surface area contributed by atoms with E-state index in [1.54, 1.807) is 0 Å². The van der Waals surface area contributed by atoms with E-state index in [2.05, 4.69) is 16.0 Å². The fourth-order valence-corrected chi connectivity index (χ4v) is 15.4. The highest BCUT2D eigenvalue weighted by Gasteiger charge is 2.61. The SMILES string of the molecule is CC(=O)C[C@H]1[C@H](O[C@@H]2[C@@H](O[C@@H]3[C@H](O)[C@H](O[C@H]4[C@H](C)[C@@H](NC(C)=O)[C@H](O[C@H]5[C@H](O)[C@@H](NC(C)=O)[C@H](C)O[C@@H]5CO)O[C@@H]4CO)O[C@H](CO[C@H]4O[C@H](CO)[C@@H](O)[C@H](O)[C@@H]4O[C@@H]4O[C@H](CO)[C@@H](O[C@@H]5O[C@H](CO)[C@H](O)[C@H](O)[C@H]5O)[C@H](O)[C@H]4NC(C)=O)[C@H]3O)O[C@H](CO)[C@@H](C)[C@@H]2O)O[C@H](CO)[C@@H](O[C@@H]2O[C@H](CO)[C@H](O)[C@H](O)[C@H]2O)[C@@H]1O. The number of carbonyl (C=O) groups excluding carboxylic acids is 4. The molecule has 0 bridgehead atoms. The fourth-order valence-electron chi connectivity index (χ4n) is 15.4. The molecule has 45 atom stereocenters. The molecule has 9 heterocycles. The van der Waals surface area contributed by atoms with Crippen molar-refractivity contribution in [2.24, 2.45) is 17.8 Å². The van der Waals surface area contributed by atoms with E-state index in [4.69, 9.17) is 80.5 Å². The number of hydrogen-bond acceptors (Lipinski definition) is 43. The van der Waals surface area contributed by atoms with Gasteiger partial charge in [-0.3, -0.25) is 14.4 Å². The first-order valence-corrected chi connectivity index (χ1v) is 36.8. The van der Waals surface area contributed by atoms with Crippen molar-refractivity contribution in [2.75, 3.05) is 59.5 Å². The number of hydrogen-bond donors (Lipinski definition) is 25. The summed E-state index contributed by atoms with van der Waals surface area (Å²) in [5, 5.41) is 252. The Morgan fingerprint density at radius 1 is 0.277 bits per heavy atom. The Labute approximate surface area is 639 Å². The molecule has 0 unspecified atom stereocenters. The second kappa shape index (κ2) is 40.5. The predicted octanol–water partition coefficient (Wildman–Crippen LogP) is -15.3. The van der Waals surface area contributed by atoms with Crippen molar-refractivity contribution in [3.05, 3.63) is 0 Å². The van der Waals surface area contributed by atoms with Gasteiger partial charge in [-0.15, -0.1) is 0 Å². The van der Waals surface area contributed by atoms with Gasteiger partial charge in [0, 0.05) is 44.9 Å². The van der Waals surface area contributed by atoms with Crippen LogP contribution in [0.3, 0.4) is 0 Å². The van der Waals surface area contributed by atoms with Crippen molar-refractivity contribution in [3.63, 3.8) is 0 Å². The number of nitrogens with one attached hydrogen (secondary N) is 3. The highest BCUT2D eigenvalue weighted by Crippen LogP contribution is 2.42. The summed E-state index contributed by atoms with van der Waals surface area (Å²) in [5.74, 6) is -6.74. The van der Waals surface area contributed by atoms with Crippen molar-refractivity contribution in [2.45, 2.75) is 313 Å². The molecule has 0 aliphatic carbocycles. The first-order chi connectivity index (χ1) is 53.0. The number of aliphatic hydroxyl groups is 22. The van der Waals surface area contributed by atoms with E-state index in [1.165, 1.54) is 27.7 Å². The third-order valence-corrected chi connectivity index (χ3v) is 21.7. The molecule has 46 nitrogen and oxygen atoms in total. The number of rotatable bonds is 30. The van der Waals surface area contributed by atoms with Gasteiger partial charge in [0.2, 0.25) is 17.7 Å². The van der Waals surface area contributed by atoms with Gasteiger partial charge in [-0.2, -0.15) is 0 Å². The maximum absolute atomic E-state index is 13.2. The van der Waals surface area contributed by atoms with Gasteiger partial charge in [0.05, 0.1) is 102 Å². The second-order valence-electron chi connectivity index (χ2n) is 29.6. The molecule has 648 valence electrons. The summed E-state index contributed by atoms with van der Waals surface area (Å²) in [6, 6.07) is -4.37.